The van der Waals surface area contributed by atoms with Crippen LogP contribution in [-0.2, 0) is 11.3 Å². The van der Waals surface area contributed by atoms with E-state index < -0.39 is 0 Å². The molecule has 0 aromatic heterocycles. The van der Waals surface area contributed by atoms with Gasteiger partial charge in [-0.25, -0.2) is 4.99 Å². The molecule has 0 radical (unpaired) electrons. The Morgan fingerprint density at radius 3 is 2.64 bits per heavy atom. The SMILES string of the molecule is CC(=O)NC(N)=NCc1ccccc1. The number of hydrogen-bond acceptors (Lipinski definition) is 2. The van der Waals surface area contributed by atoms with Crippen LogP contribution in [0.1, 0.15) is 12.5 Å². The molecular weight excluding hydrogens is 178 g/mol. The van der Waals surface area contributed by atoms with Crippen molar-refractivity contribution in [1.29, 1.82) is 0 Å². The molecule has 0 atom stereocenters. The standard InChI is InChI=1S/C10H13N3O/c1-8(14)13-10(11)12-7-9-5-3-2-4-6-9/h2-6H,7H2,1H3,(H3,11,12,13,14). The van der Waals surface area contributed by atoms with E-state index in [0.29, 0.717) is 6.54 Å². The largest absolute Gasteiger partial charge is 0.370 e. The van der Waals surface area contributed by atoms with Crippen LogP contribution in [0, 0.1) is 0 Å². The van der Waals surface area contributed by atoms with Crippen molar-refractivity contribution in [3.8, 4) is 0 Å². The summed E-state index contributed by atoms with van der Waals surface area (Å²) in [5.41, 5.74) is 6.50. The fraction of sp³-hybridized carbons (Fsp3) is 0.200. The fourth-order valence-corrected chi connectivity index (χ4v) is 0.980. The van der Waals surface area contributed by atoms with Crippen molar-refractivity contribution in [3.05, 3.63) is 35.9 Å². The van der Waals surface area contributed by atoms with Crippen molar-refractivity contribution in [1.82, 2.24) is 5.32 Å². The number of amides is 1. The molecule has 0 saturated heterocycles. The molecule has 0 unspecified atom stereocenters. The number of benzene rings is 1. The highest BCUT2D eigenvalue weighted by molar-refractivity contribution is 5.94. The number of carbonyl (C=O) groups is 1. The van der Waals surface area contributed by atoms with Crippen LogP contribution in [0.4, 0.5) is 0 Å². The van der Waals surface area contributed by atoms with Gasteiger partial charge >= 0.3 is 0 Å². The van der Waals surface area contributed by atoms with Gasteiger partial charge in [0.05, 0.1) is 6.54 Å². The van der Waals surface area contributed by atoms with Gasteiger partial charge in [-0.05, 0) is 5.56 Å². The summed E-state index contributed by atoms with van der Waals surface area (Å²) < 4.78 is 0. The number of nitrogens with one attached hydrogen (secondary N) is 1. The van der Waals surface area contributed by atoms with Gasteiger partial charge in [0.25, 0.3) is 0 Å². The lowest BCUT2D eigenvalue weighted by Crippen LogP contribution is -2.35. The summed E-state index contributed by atoms with van der Waals surface area (Å²) in [6.07, 6.45) is 0. The lowest BCUT2D eigenvalue weighted by molar-refractivity contribution is -0.117. The Balaban J connectivity index is 2.51. The summed E-state index contributed by atoms with van der Waals surface area (Å²) in [5, 5.41) is 2.40. The first kappa shape index (κ1) is 10.2. The lowest BCUT2D eigenvalue weighted by Gasteiger charge is -2.00. The Morgan fingerprint density at radius 1 is 1.43 bits per heavy atom. The molecule has 4 heteroatoms. The number of hydrogen-bond donors (Lipinski definition) is 2. The Hall–Kier alpha value is -1.84. The lowest BCUT2D eigenvalue weighted by atomic mass is 10.2. The molecule has 0 spiro atoms. The normalized spacial score (nSPS) is 11.1. The monoisotopic (exact) mass is 191 g/mol. The van der Waals surface area contributed by atoms with Crippen molar-refractivity contribution in [2.75, 3.05) is 0 Å². The van der Waals surface area contributed by atoms with Gasteiger partial charge in [0.2, 0.25) is 5.91 Å². The zero-order valence-electron chi connectivity index (χ0n) is 8.03. The number of carbonyl (C=O) groups excluding carboxylic acids is 1. The van der Waals surface area contributed by atoms with Crippen LogP contribution >= 0.6 is 0 Å². The minimum absolute atomic E-state index is 0.154. The molecule has 4 nitrogen and oxygen atoms in total. The Morgan fingerprint density at radius 2 is 2.07 bits per heavy atom. The zero-order chi connectivity index (χ0) is 10.4. The highest BCUT2D eigenvalue weighted by Crippen LogP contribution is 1.99. The number of aliphatic imine (C=N–C) groups is 1. The van der Waals surface area contributed by atoms with Gasteiger partial charge in [0.1, 0.15) is 0 Å². The fourth-order valence-electron chi connectivity index (χ4n) is 0.980. The topological polar surface area (TPSA) is 67.5 Å². The predicted octanol–water partition coefficient (Wildman–Crippen LogP) is 0.637. The van der Waals surface area contributed by atoms with Crippen molar-refractivity contribution in [2.24, 2.45) is 10.7 Å². The average molecular weight is 191 g/mol. The second-order valence-electron chi connectivity index (χ2n) is 2.87. The molecule has 1 rings (SSSR count). The summed E-state index contributed by atoms with van der Waals surface area (Å²) in [4.78, 5) is 14.6. The quantitative estimate of drug-likeness (QED) is 0.532. The zero-order valence-corrected chi connectivity index (χ0v) is 8.03. The van der Waals surface area contributed by atoms with E-state index in [1.807, 2.05) is 30.3 Å². The van der Waals surface area contributed by atoms with E-state index in [1.165, 1.54) is 6.92 Å². The number of nitrogens with zero attached hydrogens (tertiary/aromatic N) is 1. The molecule has 0 aliphatic carbocycles. The molecule has 0 aliphatic heterocycles. The Kier molecular flexibility index (Phi) is 3.67. The van der Waals surface area contributed by atoms with E-state index in [9.17, 15) is 4.79 Å². The van der Waals surface area contributed by atoms with E-state index >= 15 is 0 Å². The molecule has 3 N–H and O–H groups in total. The molecule has 74 valence electrons. The molecule has 0 fully saturated rings. The van der Waals surface area contributed by atoms with Crippen LogP contribution in [0.5, 0.6) is 0 Å². The summed E-state index contributed by atoms with van der Waals surface area (Å²) >= 11 is 0. The van der Waals surface area contributed by atoms with Crippen LogP contribution in [0.15, 0.2) is 35.3 Å². The van der Waals surface area contributed by atoms with Gasteiger partial charge in [-0.15, -0.1) is 0 Å². The van der Waals surface area contributed by atoms with E-state index in [0.717, 1.165) is 5.56 Å². The Labute approximate surface area is 82.8 Å². The second kappa shape index (κ2) is 5.01. The molecule has 0 aliphatic rings. The first-order valence-corrected chi connectivity index (χ1v) is 4.30. The van der Waals surface area contributed by atoms with Crippen LogP contribution in [-0.4, -0.2) is 11.9 Å². The van der Waals surface area contributed by atoms with Gasteiger partial charge < -0.3 is 5.73 Å². The highest BCUT2D eigenvalue weighted by Gasteiger charge is 1.94. The summed E-state index contributed by atoms with van der Waals surface area (Å²) in [6.45, 7) is 1.87. The molecule has 1 aromatic carbocycles. The number of nitrogens with two attached hydrogens (primary N) is 1. The molecule has 0 saturated carbocycles. The van der Waals surface area contributed by atoms with E-state index in [4.69, 9.17) is 5.73 Å². The smallest absolute Gasteiger partial charge is 0.223 e. The second-order valence-corrected chi connectivity index (χ2v) is 2.87. The number of rotatable bonds is 2. The van der Waals surface area contributed by atoms with Gasteiger partial charge in [-0.1, -0.05) is 30.3 Å². The molecular formula is C10H13N3O. The maximum absolute atomic E-state index is 10.6. The third-order valence-electron chi connectivity index (χ3n) is 1.58. The first-order chi connectivity index (χ1) is 6.68. The average Bonchev–Trinajstić information content (AvgIpc) is 2.15. The van der Waals surface area contributed by atoms with Crippen molar-refractivity contribution >= 4 is 11.9 Å². The van der Waals surface area contributed by atoms with Crippen LogP contribution in [0.3, 0.4) is 0 Å². The van der Waals surface area contributed by atoms with Gasteiger partial charge in [-0.3, -0.25) is 10.1 Å². The van der Waals surface area contributed by atoms with Gasteiger partial charge in [0, 0.05) is 6.92 Å². The van der Waals surface area contributed by atoms with Crippen LogP contribution < -0.4 is 11.1 Å². The third kappa shape index (κ3) is 3.71. The predicted molar refractivity (Wildman–Crippen MR) is 55.6 cm³/mol. The highest BCUT2D eigenvalue weighted by atomic mass is 16.1. The molecule has 14 heavy (non-hydrogen) atoms. The van der Waals surface area contributed by atoms with Crippen LogP contribution in [0.25, 0.3) is 0 Å². The summed E-state index contributed by atoms with van der Waals surface area (Å²) in [5.74, 6) is -0.0549. The van der Waals surface area contributed by atoms with Crippen molar-refractivity contribution in [2.45, 2.75) is 13.5 Å². The van der Waals surface area contributed by atoms with Gasteiger partial charge in [-0.2, -0.15) is 0 Å². The summed E-state index contributed by atoms with van der Waals surface area (Å²) in [6, 6.07) is 9.69. The molecule has 0 heterocycles. The van der Waals surface area contributed by atoms with Crippen molar-refractivity contribution < 1.29 is 4.79 Å². The summed E-state index contributed by atoms with van der Waals surface area (Å²) in [7, 11) is 0. The van der Waals surface area contributed by atoms with Gasteiger partial charge in [0.15, 0.2) is 5.96 Å². The van der Waals surface area contributed by atoms with Crippen molar-refractivity contribution in [3.63, 3.8) is 0 Å². The molecule has 0 bridgehead atoms. The van der Waals surface area contributed by atoms with E-state index in [2.05, 4.69) is 10.3 Å². The minimum Gasteiger partial charge on any atom is -0.370 e. The number of guanidine groups is 1. The minimum atomic E-state index is -0.209. The molecule has 1 aromatic rings. The van der Waals surface area contributed by atoms with Crippen LogP contribution in [0.2, 0.25) is 0 Å². The van der Waals surface area contributed by atoms with E-state index in [1.54, 1.807) is 0 Å². The van der Waals surface area contributed by atoms with E-state index in [-0.39, 0.29) is 11.9 Å². The maximum Gasteiger partial charge on any atom is 0.223 e. The Bertz CT molecular complexity index is 332. The maximum atomic E-state index is 10.6. The third-order valence-corrected chi connectivity index (χ3v) is 1.58. The molecule has 1 amide bonds. The first-order valence-electron chi connectivity index (χ1n) is 4.30.